The van der Waals surface area contributed by atoms with E-state index >= 15 is 0 Å². The van der Waals surface area contributed by atoms with Gasteiger partial charge in [0.05, 0.1) is 17.7 Å². The van der Waals surface area contributed by atoms with E-state index in [0.29, 0.717) is 11.1 Å². The van der Waals surface area contributed by atoms with Crippen molar-refractivity contribution in [2.75, 3.05) is 18.5 Å². The molecule has 1 aromatic rings. The number of ether oxygens (including phenoxy) is 1. The molecule has 1 fully saturated rings. The highest BCUT2D eigenvalue weighted by molar-refractivity contribution is 9.09. The smallest absolute Gasteiger partial charge is 0.375 e. The lowest BCUT2D eigenvalue weighted by atomic mass is 10.3. The second kappa shape index (κ2) is 8.35. The molecule has 1 aliphatic rings. The van der Waals surface area contributed by atoms with Gasteiger partial charge in [-0.3, -0.25) is 4.79 Å². The summed E-state index contributed by atoms with van der Waals surface area (Å²) >= 11 is 3.38. The second-order valence-electron chi connectivity index (χ2n) is 4.34. The van der Waals surface area contributed by atoms with E-state index in [4.69, 9.17) is 4.74 Å². The molecule has 0 aromatic heterocycles. The van der Waals surface area contributed by atoms with Gasteiger partial charge in [-0.25, -0.2) is 0 Å². The zero-order valence-electron chi connectivity index (χ0n) is 11.3. The van der Waals surface area contributed by atoms with Crippen LogP contribution in [0.15, 0.2) is 30.3 Å². The van der Waals surface area contributed by atoms with Crippen LogP contribution in [0.2, 0.25) is 0 Å². The van der Waals surface area contributed by atoms with Gasteiger partial charge in [0.15, 0.2) is 0 Å². The normalized spacial score (nSPS) is 22.0. The Morgan fingerprint density at radius 3 is 2.43 bits per heavy atom. The van der Waals surface area contributed by atoms with Crippen LogP contribution < -0.4 is 10.6 Å². The Labute approximate surface area is 129 Å². The van der Waals surface area contributed by atoms with E-state index in [1.807, 2.05) is 0 Å². The summed E-state index contributed by atoms with van der Waals surface area (Å²) in [6.45, 7) is 3.79. The Balaban J connectivity index is 0.000000235. The van der Waals surface area contributed by atoms with Gasteiger partial charge in [0.25, 0.3) is 0 Å². The lowest BCUT2D eigenvalue weighted by molar-refractivity contribution is -0.167. The predicted octanol–water partition coefficient (Wildman–Crippen LogP) is 2.90. The van der Waals surface area contributed by atoms with Crippen molar-refractivity contribution in [1.82, 2.24) is 5.32 Å². The topological polar surface area (TPSA) is 50.4 Å². The summed E-state index contributed by atoms with van der Waals surface area (Å²) < 4.78 is 40.4. The van der Waals surface area contributed by atoms with Crippen LogP contribution in [0.3, 0.4) is 0 Å². The van der Waals surface area contributed by atoms with Crippen molar-refractivity contribution in [3.8, 4) is 0 Å². The largest absolute Gasteiger partial charge is 0.471 e. The van der Waals surface area contributed by atoms with Crippen molar-refractivity contribution < 1.29 is 22.7 Å². The molecule has 4 nitrogen and oxygen atoms in total. The van der Waals surface area contributed by atoms with Crippen LogP contribution in [0.1, 0.15) is 6.92 Å². The van der Waals surface area contributed by atoms with Crippen LogP contribution in [0.5, 0.6) is 0 Å². The third-order valence-corrected chi connectivity index (χ3v) is 3.03. The molecule has 8 heteroatoms. The quantitative estimate of drug-likeness (QED) is 0.591. The number of hydrogen-bond acceptors (Lipinski definition) is 3. The molecule has 2 atom stereocenters. The van der Waals surface area contributed by atoms with Crippen molar-refractivity contribution in [2.24, 2.45) is 0 Å². The van der Waals surface area contributed by atoms with Gasteiger partial charge in [-0.2, -0.15) is 13.2 Å². The number of amides is 1. The number of carbonyl (C=O) groups is 1. The molecule has 2 rings (SSSR count). The zero-order chi connectivity index (χ0) is 15.9. The molecule has 21 heavy (non-hydrogen) atoms. The van der Waals surface area contributed by atoms with Crippen LogP contribution >= 0.6 is 15.9 Å². The minimum atomic E-state index is -4.84. The van der Waals surface area contributed by atoms with Gasteiger partial charge >= 0.3 is 12.1 Å². The van der Waals surface area contributed by atoms with E-state index in [0.717, 1.165) is 13.2 Å². The zero-order valence-corrected chi connectivity index (χ0v) is 12.9. The van der Waals surface area contributed by atoms with Crippen molar-refractivity contribution in [3.63, 3.8) is 0 Å². The number of rotatable bonds is 1. The lowest BCUT2D eigenvalue weighted by Gasteiger charge is -2.23. The maximum Gasteiger partial charge on any atom is 0.471 e. The summed E-state index contributed by atoms with van der Waals surface area (Å²) in [6, 6.07) is 7.47. The van der Waals surface area contributed by atoms with E-state index in [2.05, 4.69) is 28.2 Å². The van der Waals surface area contributed by atoms with Crippen LogP contribution in [0, 0.1) is 0 Å². The fourth-order valence-electron chi connectivity index (χ4n) is 1.38. The summed E-state index contributed by atoms with van der Waals surface area (Å²) in [5.41, 5.74) is 0.129. The predicted molar refractivity (Wildman–Crippen MR) is 77.3 cm³/mol. The Morgan fingerprint density at radius 1 is 1.38 bits per heavy atom. The molecule has 0 radical (unpaired) electrons. The third kappa shape index (κ3) is 7.45. The average Bonchev–Trinajstić information content (AvgIpc) is 2.43. The first-order valence-corrected chi connectivity index (χ1v) is 7.13. The summed E-state index contributed by atoms with van der Waals surface area (Å²) in [6.07, 6.45) is -4.46. The Morgan fingerprint density at radius 2 is 2.00 bits per heavy atom. The summed E-state index contributed by atoms with van der Waals surface area (Å²) in [7, 11) is 0. The number of para-hydroxylation sites is 1. The monoisotopic (exact) mass is 368 g/mol. The first-order valence-electron chi connectivity index (χ1n) is 6.21. The minimum absolute atomic E-state index is 0.129. The van der Waals surface area contributed by atoms with Gasteiger partial charge in [-0.1, -0.05) is 34.1 Å². The van der Waals surface area contributed by atoms with Gasteiger partial charge in [0, 0.05) is 12.2 Å². The molecule has 1 heterocycles. The van der Waals surface area contributed by atoms with Crippen molar-refractivity contribution in [2.45, 2.75) is 24.2 Å². The Bertz CT molecular complexity index is 425. The number of hydrogen-bond donors (Lipinski definition) is 2. The highest BCUT2D eigenvalue weighted by Gasteiger charge is 2.38. The van der Waals surface area contributed by atoms with Gasteiger partial charge in [0.1, 0.15) is 0 Å². The summed E-state index contributed by atoms with van der Waals surface area (Å²) in [5.74, 6) is -1.96. The SMILES string of the molecule is CC1CNC(Br)CO1.O=C(Nc1ccccc1)C(F)(F)F. The number of benzene rings is 1. The molecular formula is C13H16BrF3N2O2. The van der Waals surface area contributed by atoms with Crippen LogP contribution in [-0.4, -0.2) is 36.3 Å². The first kappa shape index (κ1) is 17.9. The molecule has 0 aliphatic carbocycles. The molecule has 0 saturated carbocycles. The lowest BCUT2D eigenvalue weighted by Crippen LogP contribution is -2.41. The fraction of sp³-hybridized carbons (Fsp3) is 0.462. The van der Waals surface area contributed by atoms with E-state index in [-0.39, 0.29) is 5.69 Å². The molecule has 118 valence electrons. The van der Waals surface area contributed by atoms with Crippen LogP contribution in [-0.2, 0) is 9.53 Å². The number of nitrogens with one attached hydrogen (secondary N) is 2. The summed E-state index contributed by atoms with van der Waals surface area (Å²) in [4.78, 5) is 10.8. The number of carbonyl (C=O) groups excluding carboxylic acids is 1. The molecule has 1 saturated heterocycles. The van der Waals surface area contributed by atoms with E-state index < -0.39 is 12.1 Å². The highest BCUT2D eigenvalue weighted by Crippen LogP contribution is 2.17. The molecule has 0 bridgehead atoms. The highest BCUT2D eigenvalue weighted by atomic mass is 79.9. The number of anilines is 1. The molecule has 2 unspecified atom stereocenters. The molecule has 1 aromatic carbocycles. The molecule has 1 aliphatic heterocycles. The number of halogens is 4. The standard InChI is InChI=1S/C8H6F3NO.C5H10BrNO/c9-8(10,11)7(13)12-6-4-2-1-3-5-6;1-4-2-7-5(6)3-8-4/h1-5H,(H,12,13);4-5,7H,2-3H2,1H3. The van der Waals surface area contributed by atoms with Crippen molar-refractivity contribution in [3.05, 3.63) is 30.3 Å². The van der Waals surface area contributed by atoms with Gasteiger partial charge < -0.3 is 15.4 Å². The number of alkyl halides is 4. The average molecular weight is 369 g/mol. The van der Waals surface area contributed by atoms with Crippen LogP contribution in [0.25, 0.3) is 0 Å². The van der Waals surface area contributed by atoms with Crippen LogP contribution in [0.4, 0.5) is 18.9 Å². The Hall–Kier alpha value is -1.12. The van der Waals surface area contributed by atoms with Gasteiger partial charge in [-0.05, 0) is 19.1 Å². The fourth-order valence-corrected chi connectivity index (χ4v) is 1.72. The molecular weight excluding hydrogens is 353 g/mol. The van der Waals surface area contributed by atoms with Gasteiger partial charge in [-0.15, -0.1) is 0 Å². The van der Waals surface area contributed by atoms with Crippen molar-refractivity contribution in [1.29, 1.82) is 0 Å². The Kier molecular flexibility index (Phi) is 7.13. The number of morpholine rings is 1. The summed E-state index contributed by atoms with van der Waals surface area (Å²) in [5, 5.41) is 4.94. The molecule has 0 spiro atoms. The maximum absolute atomic E-state index is 11.7. The second-order valence-corrected chi connectivity index (χ2v) is 5.44. The van der Waals surface area contributed by atoms with E-state index in [9.17, 15) is 18.0 Å². The molecule has 2 N–H and O–H groups in total. The van der Waals surface area contributed by atoms with Crippen molar-refractivity contribution >= 4 is 27.5 Å². The third-order valence-electron chi connectivity index (χ3n) is 2.44. The van der Waals surface area contributed by atoms with Gasteiger partial charge in [0.2, 0.25) is 0 Å². The minimum Gasteiger partial charge on any atom is -0.375 e. The van der Waals surface area contributed by atoms with E-state index in [1.165, 1.54) is 24.3 Å². The first-order chi connectivity index (χ1) is 9.79. The molecule has 1 amide bonds. The maximum atomic E-state index is 11.7. The van der Waals surface area contributed by atoms with E-state index in [1.54, 1.807) is 11.4 Å².